The Morgan fingerprint density at radius 2 is 1.48 bits per heavy atom. The van der Waals surface area contributed by atoms with Gasteiger partial charge in [0.25, 0.3) is 0 Å². The van der Waals surface area contributed by atoms with E-state index < -0.39 is 22.0 Å². The first-order chi connectivity index (χ1) is 14.7. The molecule has 31 heavy (non-hydrogen) atoms. The topological polar surface area (TPSA) is 122 Å². The van der Waals surface area contributed by atoms with Gasteiger partial charge in [-0.3, -0.25) is 9.69 Å². The molecule has 11 heteroatoms. The second-order valence-electron chi connectivity index (χ2n) is 7.63. The lowest BCUT2D eigenvalue weighted by atomic mass is 10.1. The Morgan fingerprint density at radius 3 is 1.94 bits per heavy atom. The summed E-state index contributed by atoms with van der Waals surface area (Å²) in [5.74, 6) is -1.57. The van der Waals surface area contributed by atoms with E-state index in [9.17, 15) is 22.8 Å². The molecule has 170 valence electrons. The van der Waals surface area contributed by atoms with Crippen molar-refractivity contribution in [2.24, 2.45) is 0 Å². The Morgan fingerprint density at radius 1 is 0.968 bits per heavy atom. The van der Waals surface area contributed by atoms with Gasteiger partial charge in [-0.25, -0.2) is 18.0 Å². The van der Waals surface area contributed by atoms with Crippen LogP contribution in [0.2, 0.25) is 0 Å². The maximum absolute atomic E-state index is 13.2. The molecule has 0 aromatic heterocycles. The predicted octanol–water partition coefficient (Wildman–Crippen LogP) is 0.233. The van der Waals surface area contributed by atoms with Crippen LogP contribution in [0.3, 0.4) is 0 Å². The van der Waals surface area contributed by atoms with Gasteiger partial charge < -0.3 is 14.8 Å². The molecule has 1 aliphatic heterocycles. The predicted molar refractivity (Wildman–Crippen MR) is 110 cm³/mol. The second kappa shape index (κ2) is 9.33. The monoisotopic (exact) mass is 453 g/mol. The SMILES string of the molecule is COC(=O)c1cc(C(=O)OC)cc(S(=O)(=O)N2CCN(C(C)C(=O)NC3CC3)CC2)c1. The fourth-order valence-corrected chi connectivity index (χ4v) is 4.91. The maximum Gasteiger partial charge on any atom is 0.337 e. The quantitative estimate of drug-likeness (QED) is 0.583. The first-order valence-corrected chi connectivity index (χ1v) is 11.5. The summed E-state index contributed by atoms with van der Waals surface area (Å²) in [5, 5.41) is 2.96. The fourth-order valence-electron chi connectivity index (χ4n) is 3.41. The number of amides is 1. The number of nitrogens with zero attached hydrogens (tertiary/aromatic N) is 2. The number of rotatable bonds is 7. The molecule has 1 N–H and O–H groups in total. The van der Waals surface area contributed by atoms with Gasteiger partial charge in [0.15, 0.2) is 0 Å². The Kier molecular flexibility index (Phi) is 6.97. The van der Waals surface area contributed by atoms with Crippen LogP contribution in [0.25, 0.3) is 0 Å². The molecule has 2 aliphatic rings. The van der Waals surface area contributed by atoms with E-state index >= 15 is 0 Å². The van der Waals surface area contributed by atoms with Crippen LogP contribution in [0.1, 0.15) is 40.5 Å². The number of carbonyl (C=O) groups is 3. The van der Waals surface area contributed by atoms with Crippen molar-refractivity contribution in [2.75, 3.05) is 40.4 Å². The van der Waals surface area contributed by atoms with Crippen LogP contribution in [-0.2, 0) is 24.3 Å². The van der Waals surface area contributed by atoms with Crippen molar-refractivity contribution in [1.82, 2.24) is 14.5 Å². The summed E-state index contributed by atoms with van der Waals surface area (Å²) < 4.78 is 37.0. The van der Waals surface area contributed by atoms with Crippen molar-refractivity contribution in [1.29, 1.82) is 0 Å². The minimum absolute atomic E-state index is 0.0488. The van der Waals surface area contributed by atoms with Gasteiger partial charge in [-0.2, -0.15) is 4.31 Å². The Bertz CT molecular complexity index is 933. The standard InChI is InChI=1S/C20H27N3O7S/c1-13(18(24)21-16-4-5-16)22-6-8-23(9-7-22)31(27,28)17-11-14(19(25)29-2)10-15(12-17)20(26)30-3/h10-13,16H,4-9H2,1-3H3,(H,21,24). The van der Waals surface area contributed by atoms with Crippen LogP contribution < -0.4 is 5.32 Å². The molecule has 2 fully saturated rings. The zero-order valence-electron chi connectivity index (χ0n) is 17.8. The number of hydrogen-bond donors (Lipinski definition) is 1. The average Bonchev–Trinajstić information content (AvgIpc) is 3.61. The van der Waals surface area contributed by atoms with E-state index in [1.54, 1.807) is 0 Å². The molecule has 1 aromatic carbocycles. The smallest absolute Gasteiger partial charge is 0.337 e. The molecular weight excluding hydrogens is 426 g/mol. The lowest BCUT2D eigenvalue weighted by molar-refractivity contribution is -0.126. The first-order valence-electron chi connectivity index (χ1n) is 10.0. The third-order valence-corrected chi connectivity index (χ3v) is 7.39. The lowest BCUT2D eigenvalue weighted by Gasteiger charge is -2.36. The minimum Gasteiger partial charge on any atom is -0.465 e. The maximum atomic E-state index is 13.2. The van der Waals surface area contributed by atoms with Crippen molar-refractivity contribution in [3.8, 4) is 0 Å². The third-order valence-electron chi connectivity index (χ3n) is 5.51. The highest BCUT2D eigenvalue weighted by molar-refractivity contribution is 7.89. The summed E-state index contributed by atoms with van der Waals surface area (Å²) in [4.78, 5) is 38.0. The number of piperazine rings is 1. The molecule has 1 atom stereocenters. The van der Waals surface area contributed by atoms with E-state index in [1.807, 2.05) is 11.8 Å². The molecule has 1 aliphatic carbocycles. The largest absolute Gasteiger partial charge is 0.465 e. The van der Waals surface area contributed by atoms with Crippen LogP contribution in [0, 0.1) is 0 Å². The Balaban J connectivity index is 1.76. The molecule has 0 bridgehead atoms. The number of sulfonamides is 1. The number of hydrogen-bond acceptors (Lipinski definition) is 8. The molecule has 3 rings (SSSR count). The number of esters is 2. The summed E-state index contributed by atoms with van der Waals surface area (Å²) in [7, 11) is -1.64. The van der Waals surface area contributed by atoms with Crippen LogP contribution in [0.5, 0.6) is 0 Å². The van der Waals surface area contributed by atoms with Gasteiger partial charge in [-0.15, -0.1) is 0 Å². The zero-order valence-corrected chi connectivity index (χ0v) is 18.6. The van der Waals surface area contributed by atoms with Gasteiger partial charge in [-0.05, 0) is 38.0 Å². The van der Waals surface area contributed by atoms with Crippen LogP contribution in [-0.4, -0.2) is 88.0 Å². The van der Waals surface area contributed by atoms with Crippen molar-refractivity contribution >= 4 is 27.9 Å². The summed E-state index contributed by atoms with van der Waals surface area (Å²) in [6.07, 6.45) is 2.01. The van der Waals surface area contributed by atoms with E-state index in [2.05, 4.69) is 14.8 Å². The molecule has 0 radical (unpaired) electrons. The van der Waals surface area contributed by atoms with E-state index in [1.165, 1.54) is 36.7 Å². The lowest BCUT2D eigenvalue weighted by Crippen LogP contribution is -2.55. The van der Waals surface area contributed by atoms with E-state index in [4.69, 9.17) is 0 Å². The normalized spacial score (nSPS) is 18.8. The highest BCUT2D eigenvalue weighted by Gasteiger charge is 2.34. The van der Waals surface area contributed by atoms with Gasteiger partial charge in [0.2, 0.25) is 15.9 Å². The highest BCUT2D eigenvalue weighted by Crippen LogP contribution is 2.23. The zero-order chi connectivity index (χ0) is 22.8. The minimum atomic E-state index is -3.98. The van der Waals surface area contributed by atoms with Crippen LogP contribution >= 0.6 is 0 Å². The molecule has 1 amide bonds. The molecule has 1 unspecified atom stereocenters. The molecule has 1 heterocycles. The summed E-state index contributed by atoms with van der Waals surface area (Å²) in [6, 6.07) is 3.52. The molecule has 0 spiro atoms. The second-order valence-corrected chi connectivity index (χ2v) is 9.57. The first kappa shape index (κ1) is 23.2. The summed E-state index contributed by atoms with van der Waals surface area (Å²) >= 11 is 0. The highest BCUT2D eigenvalue weighted by atomic mass is 32.2. The Labute approximate surface area is 181 Å². The van der Waals surface area contributed by atoms with Crippen molar-refractivity contribution in [3.63, 3.8) is 0 Å². The average molecular weight is 454 g/mol. The number of methoxy groups -OCH3 is 2. The third kappa shape index (κ3) is 5.23. The van der Waals surface area contributed by atoms with E-state index in [0.717, 1.165) is 12.8 Å². The molecule has 1 aromatic rings. The van der Waals surface area contributed by atoms with Gasteiger partial charge in [-0.1, -0.05) is 0 Å². The van der Waals surface area contributed by atoms with E-state index in [0.29, 0.717) is 13.1 Å². The fraction of sp³-hybridized carbons (Fsp3) is 0.550. The summed E-state index contributed by atoms with van der Waals surface area (Å²) in [5.41, 5.74) is -0.124. The van der Waals surface area contributed by atoms with Crippen molar-refractivity contribution < 1.29 is 32.3 Å². The number of benzene rings is 1. The molecular formula is C20H27N3O7S. The van der Waals surface area contributed by atoms with Crippen LogP contribution in [0.4, 0.5) is 0 Å². The molecule has 1 saturated heterocycles. The number of nitrogens with one attached hydrogen (secondary N) is 1. The van der Waals surface area contributed by atoms with Crippen molar-refractivity contribution in [3.05, 3.63) is 29.3 Å². The summed E-state index contributed by atoms with van der Waals surface area (Å²) in [6.45, 7) is 2.95. The van der Waals surface area contributed by atoms with Gasteiger partial charge in [0.05, 0.1) is 36.3 Å². The number of carbonyl (C=O) groups excluding carboxylic acids is 3. The Hall–Kier alpha value is -2.50. The van der Waals surface area contributed by atoms with Crippen LogP contribution in [0.15, 0.2) is 23.1 Å². The van der Waals surface area contributed by atoms with Gasteiger partial charge >= 0.3 is 11.9 Å². The van der Waals surface area contributed by atoms with Crippen molar-refractivity contribution in [2.45, 2.75) is 36.7 Å². The van der Waals surface area contributed by atoms with E-state index in [-0.39, 0.29) is 47.1 Å². The molecule has 1 saturated carbocycles. The number of ether oxygens (including phenoxy) is 2. The van der Waals surface area contributed by atoms with Gasteiger partial charge in [0, 0.05) is 32.2 Å². The molecule has 10 nitrogen and oxygen atoms in total. The van der Waals surface area contributed by atoms with Gasteiger partial charge in [0.1, 0.15) is 0 Å².